The summed E-state index contributed by atoms with van der Waals surface area (Å²) in [4.78, 5) is 0. The summed E-state index contributed by atoms with van der Waals surface area (Å²) in [6, 6.07) is 6.28. The van der Waals surface area contributed by atoms with E-state index in [-0.39, 0.29) is 5.54 Å². The van der Waals surface area contributed by atoms with Crippen molar-refractivity contribution < 1.29 is 4.74 Å². The van der Waals surface area contributed by atoms with E-state index in [0.29, 0.717) is 6.10 Å². The van der Waals surface area contributed by atoms with Crippen LogP contribution < -0.4 is 10.5 Å². The summed E-state index contributed by atoms with van der Waals surface area (Å²) in [5.74, 6) is 1.04. The van der Waals surface area contributed by atoms with Gasteiger partial charge in [0.2, 0.25) is 0 Å². The smallest absolute Gasteiger partial charge is 0.123 e. The zero-order chi connectivity index (χ0) is 11.9. The number of hydrogen-bond donors (Lipinski definition) is 1. The van der Waals surface area contributed by atoms with Gasteiger partial charge in [-0.2, -0.15) is 0 Å². The Morgan fingerprint density at radius 1 is 1.35 bits per heavy atom. The second-order valence-corrected chi connectivity index (χ2v) is 6.38. The van der Waals surface area contributed by atoms with E-state index in [1.165, 1.54) is 24.8 Å². The molecule has 2 saturated carbocycles. The summed E-state index contributed by atoms with van der Waals surface area (Å²) in [6.07, 6.45) is 7.35. The average Bonchev–Trinajstić information content (AvgIpc) is 2.92. The molecule has 2 nitrogen and oxygen atoms in total. The van der Waals surface area contributed by atoms with Crippen molar-refractivity contribution in [3.8, 4) is 5.75 Å². The molecule has 92 valence electrons. The quantitative estimate of drug-likeness (QED) is 0.924. The first-order valence-corrected chi connectivity index (χ1v) is 7.18. The van der Waals surface area contributed by atoms with Gasteiger partial charge >= 0.3 is 0 Å². The van der Waals surface area contributed by atoms with Gasteiger partial charge in [-0.05, 0) is 62.3 Å². The summed E-state index contributed by atoms with van der Waals surface area (Å²) >= 11 is 3.53. The second-order valence-electron chi connectivity index (χ2n) is 5.46. The lowest BCUT2D eigenvalue weighted by Crippen LogP contribution is -2.27. The van der Waals surface area contributed by atoms with Crippen molar-refractivity contribution in [3.63, 3.8) is 0 Å². The van der Waals surface area contributed by atoms with Crippen molar-refractivity contribution in [1.29, 1.82) is 0 Å². The van der Waals surface area contributed by atoms with Gasteiger partial charge < -0.3 is 10.5 Å². The summed E-state index contributed by atoms with van der Waals surface area (Å²) in [6.45, 7) is 0. The molecule has 2 N–H and O–H groups in total. The summed E-state index contributed by atoms with van der Waals surface area (Å²) in [7, 11) is 0. The molecule has 0 bridgehead atoms. The lowest BCUT2D eigenvalue weighted by Gasteiger charge is -2.28. The topological polar surface area (TPSA) is 35.2 Å². The highest BCUT2D eigenvalue weighted by Gasteiger charge is 2.39. The third-order valence-electron chi connectivity index (χ3n) is 3.80. The van der Waals surface area contributed by atoms with E-state index in [1.807, 2.05) is 6.07 Å². The number of ether oxygens (including phenoxy) is 1. The van der Waals surface area contributed by atoms with Gasteiger partial charge in [-0.1, -0.05) is 15.9 Å². The van der Waals surface area contributed by atoms with Crippen molar-refractivity contribution in [2.24, 2.45) is 5.73 Å². The standard InChI is InChI=1S/C14H18BrNO/c15-11-4-5-13(17-12-2-1-3-12)10(8-11)9-14(16)6-7-14/h4-5,8,12H,1-3,6-7,9,16H2. The summed E-state index contributed by atoms with van der Waals surface area (Å²) < 4.78 is 7.14. The summed E-state index contributed by atoms with van der Waals surface area (Å²) in [5, 5.41) is 0. The van der Waals surface area contributed by atoms with E-state index in [4.69, 9.17) is 10.5 Å². The molecule has 0 aromatic heterocycles. The Balaban J connectivity index is 1.79. The van der Waals surface area contributed by atoms with Gasteiger partial charge in [-0.3, -0.25) is 0 Å². The Morgan fingerprint density at radius 2 is 2.12 bits per heavy atom. The maximum Gasteiger partial charge on any atom is 0.123 e. The Labute approximate surface area is 111 Å². The average molecular weight is 296 g/mol. The van der Waals surface area contributed by atoms with Crippen LogP contribution in [0.25, 0.3) is 0 Å². The molecule has 0 radical (unpaired) electrons. The lowest BCUT2D eigenvalue weighted by molar-refractivity contribution is 0.119. The number of rotatable bonds is 4. The molecule has 3 heteroatoms. The molecular formula is C14H18BrNO. The van der Waals surface area contributed by atoms with Crippen LogP contribution in [-0.4, -0.2) is 11.6 Å². The Bertz CT molecular complexity index is 424. The minimum Gasteiger partial charge on any atom is -0.490 e. The van der Waals surface area contributed by atoms with Gasteiger partial charge in [-0.15, -0.1) is 0 Å². The van der Waals surface area contributed by atoms with Crippen LogP contribution in [0.1, 0.15) is 37.7 Å². The minimum atomic E-state index is 0.0402. The molecule has 3 rings (SSSR count). The fraction of sp³-hybridized carbons (Fsp3) is 0.571. The van der Waals surface area contributed by atoms with Gasteiger partial charge in [0.05, 0.1) is 6.10 Å². The van der Waals surface area contributed by atoms with Crippen molar-refractivity contribution >= 4 is 15.9 Å². The minimum absolute atomic E-state index is 0.0402. The molecule has 0 saturated heterocycles. The number of nitrogens with two attached hydrogens (primary N) is 1. The van der Waals surface area contributed by atoms with E-state index >= 15 is 0 Å². The first-order chi connectivity index (χ1) is 8.15. The van der Waals surface area contributed by atoms with E-state index in [9.17, 15) is 0 Å². The predicted octanol–water partition coefficient (Wildman–Crippen LogP) is 3.41. The molecule has 2 fully saturated rings. The fourth-order valence-electron chi connectivity index (χ4n) is 2.19. The van der Waals surface area contributed by atoms with Crippen LogP contribution in [0, 0.1) is 0 Å². The van der Waals surface area contributed by atoms with Crippen LogP contribution >= 0.6 is 15.9 Å². The van der Waals surface area contributed by atoms with E-state index in [2.05, 4.69) is 28.1 Å². The first kappa shape index (κ1) is 11.5. The highest BCUT2D eigenvalue weighted by molar-refractivity contribution is 9.10. The second kappa shape index (κ2) is 4.29. The number of benzene rings is 1. The normalized spacial score (nSPS) is 22.0. The van der Waals surface area contributed by atoms with Crippen LogP contribution in [-0.2, 0) is 6.42 Å². The van der Waals surface area contributed by atoms with E-state index in [1.54, 1.807) is 0 Å². The molecule has 0 spiro atoms. The van der Waals surface area contributed by atoms with Gasteiger partial charge in [0.1, 0.15) is 5.75 Å². The molecule has 0 aliphatic heterocycles. The third-order valence-corrected chi connectivity index (χ3v) is 4.30. The van der Waals surface area contributed by atoms with Crippen LogP contribution in [0.3, 0.4) is 0 Å². The molecular weight excluding hydrogens is 278 g/mol. The largest absolute Gasteiger partial charge is 0.490 e. The van der Waals surface area contributed by atoms with Crippen LogP contribution in [0.2, 0.25) is 0 Å². The predicted molar refractivity (Wildman–Crippen MR) is 72.3 cm³/mol. The molecule has 0 atom stereocenters. The number of halogens is 1. The van der Waals surface area contributed by atoms with Gasteiger partial charge in [0.25, 0.3) is 0 Å². The molecule has 1 aromatic carbocycles. The Hall–Kier alpha value is -0.540. The van der Waals surface area contributed by atoms with Crippen molar-refractivity contribution in [1.82, 2.24) is 0 Å². The Kier molecular flexibility index (Phi) is 2.91. The highest BCUT2D eigenvalue weighted by Crippen LogP contribution is 2.39. The molecule has 1 aromatic rings. The van der Waals surface area contributed by atoms with Gasteiger partial charge in [-0.25, -0.2) is 0 Å². The van der Waals surface area contributed by atoms with E-state index < -0.39 is 0 Å². The molecule has 0 amide bonds. The maximum absolute atomic E-state index is 6.20. The van der Waals surface area contributed by atoms with Crippen molar-refractivity contribution in [2.75, 3.05) is 0 Å². The third kappa shape index (κ3) is 2.66. The number of hydrogen-bond acceptors (Lipinski definition) is 2. The monoisotopic (exact) mass is 295 g/mol. The molecule has 17 heavy (non-hydrogen) atoms. The first-order valence-electron chi connectivity index (χ1n) is 6.39. The van der Waals surface area contributed by atoms with Crippen molar-refractivity contribution in [3.05, 3.63) is 28.2 Å². The maximum atomic E-state index is 6.20. The van der Waals surface area contributed by atoms with Gasteiger partial charge in [0, 0.05) is 10.0 Å². The zero-order valence-electron chi connectivity index (χ0n) is 9.92. The fourth-order valence-corrected chi connectivity index (χ4v) is 2.59. The highest BCUT2D eigenvalue weighted by atomic mass is 79.9. The van der Waals surface area contributed by atoms with Crippen molar-refractivity contribution in [2.45, 2.75) is 50.2 Å². The molecule has 0 unspecified atom stereocenters. The van der Waals surface area contributed by atoms with Gasteiger partial charge in [0.15, 0.2) is 0 Å². The molecule has 2 aliphatic rings. The van der Waals surface area contributed by atoms with Crippen LogP contribution in [0.5, 0.6) is 5.75 Å². The zero-order valence-corrected chi connectivity index (χ0v) is 11.5. The Morgan fingerprint density at radius 3 is 2.71 bits per heavy atom. The molecule has 2 aliphatic carbocycles. The SMILES string of the molecule is NC1(Cc2cc(Br)ccc2OC2CCC2)CC1. The molecule has 0 heterocycles. The lowest BCUT2D eigenvalue weighted by atomic mass is 9.96. The van der Waals surface area contributed by atoms with Crippen LogP contribution in [0.15, 0.2) is 22.7 Å². The van der Waals surface area contributed by atoms with E-state index in [0.717, 1.165) is 29.5 Å². The van der Waals surface area contributed by atoms with Crippen LogP contribution in [0.4, 0.5) is 0 Å². The summed E-state index contributed by atoms with van der Waals surface area (Å²) in [5.41, 5.74) is 7.50.